The lowest BCUT2D eigenvalue weighted by Crippen LogP contribution is -2.08. The van der Waals surface area contributed by atoms with Gasteiger partial charge < -0.3 is 15.6 Å². The highest BCUT2D eigenvalue weighted by atomic mass is 19.4. The summed E-state index contributed by atoms with van der Waals surface area (Å²) >= 11 is 0. The van der Waals surface area contributed by atoms with E-state index in [-0.39, 0.29) is 23.8 Å². The smallest absolute Gasteiger partial charge is 0.420 e. The normalized spacial score (nSPS) is 11.4. The summed E-state index contributed by atoms with van der Waals surface area (Å²) in [6.07, 6.45) is -4.26. The minimum Gasteiger partial charge on any atom is -0.456 e. The van der Waals surface area contributed by atoms with Gasteiger partial charge in [-0.05, 0) is 36.2 Å². The number of nitrogen functional groups attached to an aromatic ring is 1. The highest BCUT2D eigenvalue weighted by Crippen LogP contribution is 2.39. The number of rotatable bonds is 4. The van der Waals surface area contributed by atoms with Gasteiger partial charge in [0.2, 0.25) is 0 Å². The molecule has 3 N–H and O–H groups in total. The quantitative estimate of drug-likeness (QED) is 0.848. The molecule has 0 aliphatic rings. The van der Waals surface area contributed by atoms with Crippen LogP contribution in [0.1, 0.15) is 11.1 Å². The fourth-order valence-electron chi connectivity index (χ4n) is 1.91. The first-order valence-corrected chi connectivity index (χ1v) is 6.25. The van der Waals surface area contributed by atoms with E-state index in [4.69, 9.17) is 15.6 Å². The van der Waals surface area contributed by atoms with E-state index in [9.17, 15) is 13.2 Å². The van der Waals surface area contributed by atoms with Crippen LogP contribution in [0.2, 0.25) is 0 Å². The molecule has 0 radical (unpaired) electrons. The van der Waals surface area contributed by atoms with Crippen molar-refractivity contribution in [2.45, 2.75) is 12.6 Å². The molecule has 0 spiro atoms. The molecule has 0 heterocycles. The van der Waals surface area contributed by atoms with Crippen LogP contribution in [-0.2, 0) is 12.6 Å². The van der Waals surface area contributed by atoms with Gasteiger partial charge in [-0.2, -0.15) is 13.2 Å². The average Bonchev–Trinajstić information content (AvgIpc) is 2.42. The van der Waals surface area contributed by atoms with Crippen molar-refractivity contribution in [3.8, 4) is 11.5 Å². The number of halogens is 3. The summed E-state index contributed by atoms with van der Waals surface area (Å²) in [4.78, 5) is 0. The molecule has 2 rings (SSSR count). The van der Waals surface area contributed by atoms with Crippen LogP contribution in [0, 0.1) is 0 Å². The lowest BCUT2D eigenvalue weighted by atomic mass is 10.1. The van der Waals surface area contributed by atoms with Gasteiger partial charge in [0.25, 0.3) is 0 Å². The zero-order chi connectivity index (χ0) is 15.5. The Morgan fingerprint density at radius 2 is 1.76 bits per heavy atom. The molecule has 0 aromatic heterocycles. The van der Waals surface area contributed by atoms with E-state index in [0.717, 1.165) is 6.07 Å². The monoisotopic (exact) mass is 297 g/mol. The summed E-state index contributed by atoms with van der Waals surface area (Å²) in [5.41, 5.74) is 5.12. The number of nitrogens with two attached hydrogens (primary N) is 1. The summed E-state index contributed by atoms with van der Waals surface area (Å²) in [6, 6.07) is 10.0. The lowest BCUT2D eigenvalue weighted by Gasteiger charge is -2.16. The van der Waals surface area contributed by atoms with Crippen LogP contribution in [0.15, 0.2) is 42.5 Å². The van der Waals surface area contributed by atoms with Crippen molar-refractivity contribution in [3.05, 3.63) is 53.6 Å². The van der Waals surface area contributed by atoms with Crippen molar-refractivity contribution in [2.24, 2.45) is 0 Å². The van der Waals surface area contributed by atoms with Gasteiger partial charge in [0.1, 0.15) is 17.1 Å². The van der Waals surface area contributed by atoms with Gasteiger partial charge in [-0.3, -0.25) is 0 Å². The molecule has 0 amide bonds. The zero-order valence-electron chi connectivity index (χ0n) is 11.0. The van der Waals surface area contributed by atoms with Crippen LogP contribution in [-0.4, -0.2) is 11.7 Å². The molecule has 2 aromatic rings. The largest absolute Gasteiger partial charge is 0.456 e. The van der Waals surface area contributed by atoms with Crippen molar-refractivity contribution in [1.29, 1.82) is 0 Å². The van der Waals surface area contributed by atoms with E-state index in [1.54, 1.807) is 24.3 Å². The molecule has 0 aliphatic carbocycles. The number of benzene rings is 2. The van der Waals surface area contributed by atoms with Crippen LogP contribution in [0.3, 0.4) is 0 Å². The number of anilines is 1. The van der Waals surface area contributed by atoms with Gasteiger partial charge in [0.05, 0.1) is 0 Å². The van der Waals surface area contributed by atoms with Crippen LogP contribution < -0.4 is 10.5 Å². The standard InChI is InChI=1S/C15H14F3NO2/c16-15(17,18)12-9-11(19)5-6-14(12)21-13-4-2-1-3-10(13)7-8-20/h1-6,9,20H,7-8,19H2. The number of para-hydroxylation sites is 1. The second-order valence-electron chi connectivity index (χ2n) is 4.44. The average molecular weight is 297 g/mol. The Labute approximate surface area is 119 Å². The molecule has 2 aromatic carbocycles. The maximum Gasteiger partial charge on any atom is 0.420 e. The summed E-state index contributed by atoms with van der Waals surface area (Å²) in [5.74, 6) is -0.0380. The second kappa shape index (κ2) is 6.05. The Morgan fingerprint density at radius 1 is 1.05 bits per heavy atom. The van der Waals surface area contributed by atoms with Gasteiger partial charge in [-0.1, -0.05) is 18.2 Å². The highest BCUT2D eigenvalue weighted by molar-refractivity contribution is 5.51. The molecule has 0 bridgehead atoms. The Hall–Kier alpha value is -2.21. The van der Waals surface area contributed by atoms with Crippen LogP contribution in [0.5, 0.6) is 11.5 Å². The molecule has 6 heteroatoms. The van der Waals surface area contributed by atoms with Crippen molar-refractivity contribution in [3.63, 3.8) is 0 Å². The Balaban J connectivity index is 2.41. The predicted octanol–water partition coefficient (Wildman–Crippen LogP) is 3.61. The minimum atomic E-state index is -4.56. The number of hydrogen-bond donors (Lipinski definition) is 2. The molecule has 0 saturated carbocycles. The number of hydrogen-bond acceptors (Lipinski definition) is 3. The Kier molecular flexibility index (Phi) is 4.37. The van der Waals surface area contributed by atoms with Crippen molar-refractivity contribution in [2.75, 3.05) is 12.3 Å². The third-order valence-electron chi connectivity index (χ3n) is 2.88. The Bertz CT molecular complexity index is 627. The summed E-state index contributed by atoms with van der Waals surface area (Å²) in [6.45, 7) is -0.117. The van der Waals surface area contributed by atoms with E-state index < -0.39 is 11.7 Å². The first-order valence-electron chi connectivity index (χ1n) is 6.25. The third-order valence-corrected chi connectivity index (χ3v) is 2.88. The predicted molar refractivity (Wildman–Crippen MR) is 73.2 cm³/mol. The van der Waals surface area contributed by atoms with Gasteiger partial charge in [0.15, 0.2) is 0 Å². The summed E-state index contributed by atoms with van der Waals surface area (Å²) in [7, 11) is 0. The van der Waals surface area contributed by atoms with E-state index in [0.29, 0.717) is 12.0 Å². The van der Waals surface area contributed by atoms with Crippen LogP contribution in [0.4, 0.5) is 18.9 Å². The molecule has 0 saturated heterocycles. The van der Waals surface area contributed by atoms with Crippen LogP contribution in [0.25, 0.3) is 0 Å². The second-order valence-corrected chi connectivity index (χ2v) is 4.44. The number of ether oxygens (including phenoxy) is 1. The summed E-state index contributed by atoms with van der Waals surface area (Å²) in [5, 5.41) is 8.98. The van der Waals surface area contributed by atoms with E-state index >= 15 is 0 Å². The molecule has 112 valence electrons. The first kappa shape index (κ1) is 15.2. The van der Waals surface area contributed by atoms with Gasteiger partial charge in [-0.25, -0.2) is 0 Å². The Morgan fingerprint density at radius 3 is 2.43 bits per heavy atom. The number of aliphatic hydroxyl groups excluding tert-OH is 1. The maximum atomic E-state index is 13.0. The van der Waals surface area contributed by atoms with Gasteiger partial charge in [-0.15, -0.1) is 0 Å². The summed E-state index contributed by atoms with van der Waals surface area (Å²) < 4.78 is 44.4. The molecule has 0 atom stereocenters. The van der Waals surface area contributed by atoms with E-state index in [2.05, 4.69) is 0 Å². The number of alkyl halides is 3. The lowest BCUT2D eigenvalue weighted by molar-refractivity contribution is -0.138. The molecule has 21 heavy (non-hydrogen) atoms. The molecular weight excluding hydrogens is 283 g/mol. The van der Waals surface area contributed by atoms with E-state index in [1.165, 1.54) is 12.1 Å². The number of aliphatic hydroxyl groups is 1. The van der Waals surface area contributed by atoms with E-state index in [1.807, 2.05) is 0 Å². The molecule has 3 nitrogen and oxygen atoms in total. The van der Waals surface area contributed by atoms with Gasteiger partial charge in [0, 0.05) is 12.3 Å². The molecule has 0 fully saturated rings. The topological polar surface area (TPSA) is 55.5 Å². The molecule has 0 aliphatic heterocycles. The SMILES string of the molecule is Nc1ccc(Oc2ccccc2CCO)c(C(F)(F)F)c1. The highest BCUT2D eigenvalue weighted by Gasteiger charge is 2.34. The third kappa shape index (κ3) is 3.66. The maximum absolute atomic E-state index is 13.0. The van der Waals surface area contributed by atoms with Crippen molar-refractivity contribution in [1.82, 2.24) is 0 Å². The zero-order valence-corrected chi connectivity index (χ0v) is 11.0. The fourth-order valence-corrected chi connectivity index (χ4v) is 1.91. The van der Waals surface area contributed by atoms with Crippen LogP contribution >= 0.6 is 0 Å². The molecular formula is C15H14F3NO2. The minimum absolute atomic E-state index is 0.0123. The van der Waals surface area contributed by atoms with Gasteiger partial charge >= 0.3 is 6.18 Å². The fraction of sp³-hybridized carbons (Fsp3) is 0.200. The van der Waals surface area contributed by atoms with Crippen molar-refractivity contribution < 1.29 is 23.0 Å². The first-order chi connectivity index (χ1) is 9.91. The van der Waals surface area contributed by atoms with Crippen molar-refractivity contribution >= 4 is 5.69 Å². The molecule has 0 unspecified atom stereocenters.